The molecule has 0 unspecified atom stereocenters. The van der Waals surface area contributed by atoms with Crippen LogP contribution in [0.25, 0.3) is 65.6 Å². The maximum Gasteiger partial charge on any atom is 0.187 e. The quantitative estimate of drug-likeness (QED) is 0.235. The molecule has 172 valence electrons. The lowest BCUT2D eigenvalue weighted by Gasteiger charge is -2.14. The predicted octanol–water partition coefficient (Wildman–Crippen LogP) is 9.22. The highest BCUT2D eigenvalue weighted by molar-refractivity contribution is 6.14. The van der Waals surface area contributed by atoms with Crippen LogP contribution in [-0.4, -0.2) is 9.55 Å². The van der Waals surface area contributed by atoms with Crippen molar-refractivity contribution in [1.82, 2.24) is 9.55 Å². The van der Waals surface area contributed by atoms with Crippen LogP contribution >= 0.6 is 0 Å². The Morgan fingerprint density at radius 1 is 0.568 bits per heavy atom. The average Bonchev–Trinajstić information content (AvgIpc) is 3.31. The van der Waals surface area contributed by atoms with Gasteiger partial charge in [0.05, 0.1) is 34.5 Å². The van der Waals surface area contributed by atoms with Gasteiger partial charge in [-0.2, -0.15) is 0 Å². The lowest BCUT2D eigenvalue weighted by molar-refractivity contribution is 1.19. The molecule has 5 aromatic carbocycles. The van der Waals surface area contributed by atoms with E-state index in [1.807, 2.05) is 24.3 Å². The predicted molar refractivity (Wildman–Crippen MR) is 153 cm³/mol. The third-order valence-corrected chi connectivity index (χ3v) is 7.02. The summed E-state index contributed by atoms with van der Waals surface area (Å²) in [6, 6.07) is 44.0. The number of para-hydroxylation sites is 2. The molecule has 0 aliphatic rings. The van der Waals surface area contributed by atoms with Crippen LogP contribution in [0.5, 0.6) is 0 Å². The summed E-state index contributed by atoms with van der Waals surface area (Å²) >= 11 is 0. The summed E-state index contributed by atoms with van der Waals surface area (Å²) in [6.07, 6.45) is 0. The van der Waals surface area contributed by atoms with Gasteiger partial charge in [0.15, 0.2) is 5.69 Å². The topological polar surface area (TPSA) is 22.2 Å². The number of pyridine rings is 1. The fraction of sp³-hybridized carbons (Fsp3) is 0. The fourth-order valence-corrected chi connectivity index (χ4v) is 5.32. The molecule has 3 heteroatoms. The van der Waals surface area contributed by atoms with E-state index in [-0.39, 0.29) is 0 Å². The Bertz CT molecular complexity index is 1970. The van der Waals surface area contributed by atoms with Crippen molar-refractivity contribution in [3.63, 3.8) is 0 Å². The van der Waals surface area contributed by atoms with Crippen molar-refractivity contribution in [1.29, 1.82) is 0 Å². The third-order valence-electron chi connectivity index (χ3n) is 7.02. The van der Waals surface area contributed by atoms with Gasteiger partial charge in [-0.1, -0.05) is 97.1 Å². The molecule has 7 aromatic rings. The summed E-state index contributed by atoms with van der Waals surface area (Å²) < 4.78 is 2.39. The molecule has 0 radical (unpaired) electrons. The van der Waals surface area contributed by atoms with E-state index in [0.29, 0.717) is 5.69 Å². The Hall–Kier alpha value is -5.20. The Morgan fingerprint density at radius 3 is 2.16 bits per heavy atom. The van der Waals surface area contributed by atoms with E-state index in [9.17, 15) is 0 Å². The zero-order chi connectivity index (χ0) is 24.8. The monoisotopic (exact) mass is 471 g/mol. The molecule has 0 atom stereocenters. The van der Waals surface area contributed by atoms with Gasteiger partial charge < -0.3 is 4.57 Å². The fourth-order valence-electron chi connectivity index (χ4n) is 5.32. The van der Waals surface area contributed by atoms with E-state index in [2.05, 4.69) is 113 Å². The van der Waals surface area contributed by atoms with Crippen molar-refractivity contribution >= 4 is 38.4 Å². The molecule has 0 N–H and O–H groups in total. The van der Waals surface area contributed by atoms with Gasteiger partial charge in [-0.15, -0.1) is 0 Å². The van der Waals surface area contributed by atoms with Gasteiger partial charge in [0.25, 0.3) is 0 Å². The molecule has 2 aromatic heterocycles. The molecule has 0 spiro atoms. The lowest BCUT2D eigenvalue weighted by Crippen LogP contribution is -1.98. The second kappa shape index (κ2) is 8.48. The number of hydrogen-bond donors (Lipinski definition) is 0. The second-order valence-corrected chi connectivity index (χ2v) is 9.12. The molecule has 0 saturated heterocycles. The van der Waals surface area contributed by atoms with Gasteiger partial charge in [0, 0.05) is 21.7 Å². The van der Waals surface area contributed by atoms with Crippen molar-refractivity contribution in [2.45, 2.75) is 0 Å². The first-order valence-electron chi connectivity index (χ1n) is 12.3. The normalized spacial score (nSPS) is 11.2. The van der Waals surface area contributed by atoms with E-state index in [4.69, 9.17) is 11.6 Å². The van der Waals surface area contributed by atoms with Crippen LogP contribution in [0.3, 0.4) is 0 Å². The van der Waals surface area contributed by atoms with Crippen LogP contribution in [0.1, 0.15) is 0 Å². The van der Waals surface area contributed by atoms with Gasteiger partial charge in [-0.25, -0.2) is 9.83 Å². The lowest BCUT2D eigenvalue weighted by atomic mass is 10.0. The summed E-state index contributed by atoms with van der Waals surface area (Å²) in [5.41, 5.74) is 9.34. The Morgan fingerprint density at radius 2 is 1.32 bits per heavy atom. The van der Waals surface area contributed by atoms with Crippen LogP contribution in [0.15, 0.2) is 127 Å². The molecule has 0 fully saturated rings. The van der Waals surface area contributed by atoms with Crippen molar-refractivity contribution in [3.8, 4) is 28.1 Å². The van der Waals surface area contributed by atoms with Crippen LogP contribution in [0.2, 0.25) is 0 Å². The van der Waals surface area contributed by atoms with Gasteiger partial charge >= 0.3 is 0 Å². The van der Waals surface area contributed by atoms with Crippen molar-refractivity contribution in [2.75, 3.05) is 0 Å². The Labute approximate surface area is 214 Å². The number of nitrogens with zero attached hydrogens (tertiary/aromatic N) is 3. The summed E-state index contributed by atoms with van der Waals surface area (Å²) in [5.74, 6) is 0. The Balaban J connectivity index is 1.52. The van der Waals surface area contributed by atoms with E-state index in [1.165, 1.54) is 32.9 Å². The highest BCUT2D eigenvalue weighted by Crippen LogP contribution is 2.39. The van der Waals surface area contributed by atoms with Crippen LogP contribution < -0.4 is 0 Å². The van der Waals surface area contributed by atoms with Gasteiger partial charge in [-0.3, -0.25) is 0 Å². The molecule has 0 amide bonds. The minimum absolute atomic E-state index is 0.632. The number of aromatic nitrogens is 2. The smallest absolute Gasteiger partial charge is 0.187 e. The number of fused-ring (bicyclic) bond motifs is 4. The third kappa shape index (κ3) is 3.39. The first kappa shape index (κ1) is 21.1. The summed E-state index contributed by atoms with van der Waals surface area (Å²) in [6.45, 7) is 7.21. The van der Waals surface area contributed by atoms with E-state index in [0.717, 1.165) is 27.8 Å². The molecule has 2 heterocycles. The van der Waals surface area contributed by atoms with Crippen LogP contribution in [-0.2, 0) is 0 Å². The Kier molecular flexibility index (Phi) is 4.84. The summed E-state index contributed by atoms with van der Waals surface area (Å²) in [7, 11) is 0. The molecule has 0 saturated carbocycles. The molecular weight excluding hydrogens is 450 g/mol. The van der Waals surface area contributed by atoms with Gasteiger partial charge in [0.2, 0.25) is 0 Å². The standard InChI is InChI=1S/C34H21N3/c1-35-25-19-17-24(18-20-25)30-22-21-29-31(36-30)14-8-16-33(29)37-32-15-6-5-11-27(32)28-13-7-12-26(34(28)37)23-9-3-2-4-10-23/h2-22H. The molecule has 37 heavy (non-hydrogen) atoms. The molecule has 0 aliphatic carbocycles. The number of hydrogen-bond acceptors (Lipinski definition) is 1. The van der Waals surface area contributed by atoms with Crippen LogP contribution in [0, 0.1) is 6.57 Å². The minimum atomic E-state index is 0.632. The van der Waals surface area contributed by atoms with Crippen molar-refractivity contribution < 1.29 is 0 Å². The average molecular weight is 472 g/mol. The van der Waals surface area contributed by atoms with Gasteiger partial charge in [0.1, 0.15) is 0 Å². The number of rotatable bonds is 3. The zero-order valence-electron chi connectivity index (χ0n) is 20.0. The number of benzene rings is 5. The molecule has 7 rings (SSSR count). The highest BCUT2D eigenvalue weighted by Gasteiger charge is 2.17. The van der Waals surface area contributed by atoms with Crippen LogP contribution in [0.4, 0.5) is 5.69 Å². The van der Waals surface area contributed by atoms with E-state index >= 15 is 0 Å². The van der Waals surface area contributed by atoms with Crippen molar-refractivity contribution in [3.05, 3.63) is 139 Å². The first-order valence-corrected chi connectivity index (χ1v) is 12.3. The van der Waals surface area contributed by atoms with E-state index in [1.54, 1.807) is 0 Å². The highest BCUT2D eigenvalue weighted by atomic mass is 15.0. The molecule has 0 aliphatic heterocycles. The SMILES string of the molecule is [C-]#[N+]c1ccc(-c2ccc3c(-n4c5ccccc5c5cccc(-c6ccccc6)c54)cccc3n2)cc1. The summed E-state index contributed by atoms with van der Waals surface area (Å²) in [5, 5.41) is 3.56. The summed E-state index contributed by atoms with van der Waals surface area (Å²) in [4.78, 5) is 8.52. The first-order chi connectivity index (χ1) is 18.3. The van der Waals surface area contributed by atoms with Crippen molar-refractivity contribution in [2.24, 2.45) is 0 Å². The zero-order valence-corrected chi connectivity index (χ0v) is 20.0. The molecule has 0 bridgehead atoms. The molecule has 3 nitrogen and oxygen atoms in total. The molecular formula is C34H21N3. The minimum Gasteiger partial charge on any atom is -0.308 e. The van der Waals surface area contributed by atoms with E-state index < -0.39 is 0 Å². The second-order valence-electron chi connectivity index (χ2n) is 9.12. The maximum atomic E-state index is 7.21. The maximum absolute atomic E-state index is 7.21. The van der Waals surface area contributed by atoms with Gasteiger partial charge in [-0.05, 0) is 41.5 Å². The largest absolute Gasteiger partial charge is 0.308 e.